The van der Waals surface area contributed by atoms with Gasteiger partial charge in [-0.15, -0.1) is 0 Å². The standard InChI is InChI=1S/C9H21NO/c1-5-10(6-2)9(4)8-11-7-3/h9H,5-8H2,1-4H3. The highest BCUT2D eigenvalue weighted by molar-refractivity contribution is 4.62. The maximum atomic E-state index is 5.34. The Bertz CT molecular complexity index is 81.6. The molecule has 0 aromatic carbocycles. The lowest BCUT2D eigenvalue weighted by Gasteiger charge is -2.25. The topological polar surface area (TPSA) is 12.5 Å². The Balaban J connectivity index is 3.51. The van der Waals surface area contributed by atoms with Crippen LogP contribution in [-0.2, 0) is 4.74 Å². The summed E-state index contributed by atoms with van der Waals surface area (Å²) in [5.41, 5.74) is 0. The number of hydrogen-bond acceptors (Lipinski definition) is 2. The van der Waals surface area contributed by atoms with E-state index in [4.69, 9.17) is 4.74 Å². The zero-order chi connectivity index (χ0) is 8.69. The molecule has 0 aliphatic carbocycles. The van der Waals surface area contributed by atoms with Crippen LogP contribution in [0.1, 0.15) is 27.7 Å². The van der Waals surface area contributed by atoms with Crippen LogP contribution < -0.4 is 0 Å². The summed E-state index contributed by atoms with van der Waals surface area (Å²) in [7, 11) is 0. The first-order valence-electron chi connectivity index (χ1n) is 4.57. The maximum absolute atomic E-state index is 5.34. The van der Waals surface area contributed by atoms with Crippen LogP contribution in [0.15, 0.2) is 0 Å². The van der Waals surface area contributed by atoms with Crippen molar-refractivity contribution < 1.29 is 4.74 Å². The van der Waals surface area contributed by atoms with Crippen LogP contribution in [0, 0.1) is 0 Å². The van der Waals surface area contributed by atoms with Crippen LogP contribution in [-0.4, -0.2) is 37.2 Å². The van der Waals surface area contributed by atoms with E-state index >= 15 is 0 Å². The molecule has 68 valence electrons. The molecule has 0 amide bonds. The average Bonchev–Trinajstić information content (AvgIpc) is 2.03. The molecule has 0 aromatic heterocycles. The molecule has 0 saturated carbocycles. The number of hydrogen-bond donors (Lipinski definition) is 0. The lowest BCUT2D eigenvalue weighted by Crippen LogP contribution is -2.36. The summed E-state index contributed by atoms with van der Waals surface area (Å²) in [6, 6.07) is 0.560. The fourth-order valence-corrected chi connectivity index (χ4v) is 1.24. The average molecular weight is 159 g/mol. The zero-order valence-electron chi connectivity index (χ0n) is 8.26. The van der Waals surface area contributed by atoms with E-state index in [9.17, 15) is 0 Å². The predicted octanol–water partition coefficient (Wildman–Crippen LogP) is 1.75. The van der Waals surface area contributed by atoms with E-state index in [1.54, 1.807) is 0 Å². The Labute approximate surface area is 70.5 Å². The lowest BCUT2D eigenvalue weighted by molar-refractivity contribution is 0.0784. The van der Waals surface area contributed by atoms with E-state index in [0.29, 0.717) is 6.04 Å². The Morgan fingerprint density at radius 3 is 2.09 bits per heavy atom. The largest absolute Gasteiger partial charge is 0.380 e. The lowest BCUT2D eigenvalue weighted by atomic mass is 10.3. The minimum atomic E-state index is 0.560. The third-order valence-electron chi connectivity index (χ3n) is 2.00. The second-order valence-corrected chi connectivity index (χ2v) is 2.73. The Hall–Kier alpha value is -0.0800. The molecule has 0 spiro atoms. The monoisotopic (exact) mass is 159 g/mol. The van der Waals surface area contributed by atoms with E-state index < -0.39 is 0 Å². The van der Waals surface area contributed by atoms with Gasteiger partial charge >= 0.3 is 0 Å². The van der Waals surface area contributed by atoms with Gasteiger partial charge in [0.2, 0.25) is 0 Å². The van der Waals surface area contributed by atoms with Crippen molar-refractivity contribution in [2.75, 3.05) is 26.3 Å². The van der Waals surface area contributed by atoms with Gasteiger partial charge in [-0.25, -0.2) is 0 Å². The van der Waals surface area contributed by atoms with Crippen molar-refractivity contribution in [2.45, 2.75) is 33.7 Å². The third kappa shape index (κ3) is 4.38. The highest BCUT2D eigenvalue weighted by Gasteiger charge is 2.08. The fraction of sp³-hybridized carbons (Fsp3) is 1.00. The molecule has 1 unspecified atom stereocenters. The summed E-state index contributed by atoms with van der Waals surface area (Å²) >= 11 is 0. The maximum Gasteiger partial charge on any atom is 0.0618 e. The first kappa shape index (κ1) is 10.9. The van der Waals surface area contributed by atoms with Gasteiger partial charge in [-0.1, -0.05) is 13.8 Å². The van der Waals surface area contributed by atoms with Crippen molar-refractivity contribution in [3.8, 4) is 0 Å². The molecule has 0 fully saturated rings. The van der Waals surface area contributed by atoms with Crippen molar-refractivity contribution in [3.63, 3.8) is 0 Å². The van der Waals surface area contributed by atoms with Crippen LogP contribution in [0.4, 0.5) is 0 Å². The molecule has 0 heterocycles. The van der Waals surface area contributed by atoms with E-state index in [1.165, 1.54) is 0 Å². The zero-order valence-corrected chi connectivity index (χ0v) is 8.26. The number of likely N-dealkylation sites (N-methyl/N-ethyl adjacent to an activating group) is 1. The minimum Gasteiger partial charge on any atom is -0.380 e. The molecular formula is C9H21NO. The molecule has 0 N–H and O–H groups in total. The first-order valence-corrected chi connectivity index (χ1v) is 4.57. The molecule has 0 rings (SSSR count). The number of ether oxygens (including phenoxy) is 1. The first-order chi connectivity index (χ1) is 5.26. The summed E-state index contributed by atoms with van der Waals surface area (Å²) in [4.78, 5) is 2.40. The van der Waals surface area contributed by atoms with Crippen LogP contribution in [0.2, 0.25) is 0 Å². The number of nitrogens with zero attached hydrogens (tertiary/aromatic N) is 1. The van der Waals surface area contributed by atoms with E-state index in [0.717, 1.165) is 26.3 Å². The molecular weight excluding hydrogens is 138 g/mol. The third-order valence-corrected chi connectivity index (χ3v) is 2.00. The second kappa shape index (κ2) is 6.62. The van der Waals surface area contributed by atoms with Gasteiger partial charge in [0.1, 0.15) is 0 Å². The van der Waals surface area contributed by atoms with E-state index in [2.05, 4.69) is 25.7 Å². The van der Waals surface area contributed by atoms with Gasteiger partial charge in [-0.05, 0) is 26.9 Å². The molecule has 2 heteroatoms. The summed E-state index contributed by atoms with van der Waals surface area (Å²) in [5.74, 6) is 0. The molecule has 11 heavy (non-hydrogen) atoms. The molecule has 0 aromatic rings. The van der Waals surface area contributed by atoms with Crippen molar-refractivity contribution in [1.82, 2.24) is 4.90 Å². The molecule has 1 atom stereocenters. The summed E-state index contributed by atoms with van der Waals surface area (Å²) < 4.78 is 5.34. The number of rotatable bonds is 6. The fourth-order valence-electron chi connectivity index (χ4n) is 1.24. The molecule has 0 aliphatic rings. The van der Waals surface area contributed by atoms with E-state index in [1.807, 2.05) is 6.92 Å². The van der Waals surface area contributed by atoms with Gasteiger partial charge < -0.3 is 4.74 Å². The van der Waals surface area contributed by atoms with Gasteiger partial charge in [0.25, 0.3) is 0 Å². The van der Waals surface area contributed by atoms with Crippen molar-refractivity contribution in [1.29, 1.82) is 0 Å². The Morgan fingerprint density at radius 2 is 1.73 bits per heavy atom. The van der Waals surface area contributed by atoms with Gasteiger partial charge in [0.05, 0.1) is 6.61 Å². The van der Waals surface area contributed by atoms with Crippen LogP contribution in [0.3, 0.4) is 0 Å². The quantitative estimate of drug-likeness (QED) is 0.585. The molecule has 0 radical (unpaired) electrons. The molecule has 0 bridgehead atoms. The summed E-state index contributed by atoms with van der Waals surface area (Å²) in [5, 5.41) is 0. The van der Waals surface area contributed by atoms with Gasteiger partial charge in [0, 0.05) is 12.6 Å². The Kier molecular flexibility index (Phi) is 6.57. The van der Waals surface area contributed by atoms with Gasteiger partial charge in [0.15, 0.2) is 0 Å². The molecule has 2 nitrogen and oxygen atoms in total. The SMILES string of the molecule is CCOCC(C)N(CC)CC. The predicted molar refractivity (Wildman–Crippen MR) is 48.9 cm³/mol. The van der Waals surface area contributed by atoms with Crippen LogP contribution >= 0.6 is 0 Å². The van der Waals surface area contributed by atoms with Crippen molar-refractivity contribution in [2.24, 2.45) is 0 Å². The normalized spacial score (nSPS) is 13.9. The smallest absolute Gasteiger partial charge is 0.0618 e. The van der Waals surface area contributed by atoms with Crippen molar-refractivity contribution in [3.05, 3.63) is 0 Å². The van der Waals surface area contributed by atoms with Crippen molar-refractivity contribution >= 4 is 0 Å². The second-order valence-electron chi connectivity index (χ2n) is 2.73. The minimum absolute atomic E-state index is 0.560. The van der Waals surface area contributed by atoms with Crippen LogP contribution in [0.5, 0.6) is 0 Å². The van der Waals surface area contributed by atoms with Gasteiger partial charge in [-0.2, -0.15) is 0 Å². The summed E-state index contributed by atoms with van der Waals surface area (Å²) in [6.45, 7) is 12.5. The highest BCUT2D eigenvalue weighted by Crippen LogP contribution is 1.98. The van der Waals surface area contributed by atoms with E-state index in [-0.39, 0.29) is 0 Å². The molecule has 0 saturated heterocycles. The highest BCUT2D eigenvalue weighted by atomic mass is 16.5. The Morgan fingerprint density at radius 1 is 1.18 bits per heavy atom. The summed E-state index contributed by atoms with van der Waals surface area (Å²) in [6.07, 6.45) is 0. The molecule has 0 aliphatic heterocycles. The van der Waals surface area contributed by atoms with Gasteiger partial charge in [-0.3, -0.25) is 4.90 Å². The van der Waals surface area contributed by atoms with Crippen LogP contribution in [0.25, 0.3) is 0 Å².